The van der Waals surface area contributed by atoms with E-state index in [1.165, 1.54) is 19.3 Å². The molecule has 8 heteroatoms. The fourth-order valence-electron chi connectivity index (χ4n) is 2.38. The summed E-state index contributed by atoms with van der Waals surface area (Å²) in [5, 5.41) is 9.84. The normalized spacial score (nSPS) is 15.2. The van der Waals surface area contributed by atoms with E-state index < -0.39 is 17.8 Å². The van der Waals surface area contributed by atoms with Gasteiger partial charge in [0.05, 0.1) is 11.6 Å². The molecule has 0 radical (unpaired) electrons. The predicted molar refractivity (Wildman–Crippen MR) is 90.5 cm³/mol. The molecule has 0 aliphatic carbocycles. The maximum absolute atomic E-state index is 12.4. The molecule has 2 rings (SSSR count). The molecule has 24 heavy (non-hydrogen) atoms. The molecule has 0 atom stereocenters. The van der Waals surface area contributed by atoms with Crippen LogP contribution >= 0.6 is 15.9 Å². The minimum absolute atomic E-state index is 0.0819. The lowest BCUT2D eigenvalue weighted by Crippen LogP contribution is -2.56. The molecule has 1 saturated heterocycles. The number of aromatic hydroxyl groups is 1. The summed E-state index contributed by atoms with van der Waals surface area (Å²) in [5.74, 6) is -1.16. The van der Waals surface area contributed by atoms with E-state index in [4.69, 9.17) is 4.74 Å². The second-order valence-corrected chi connectivity index (χ2v) is 5.85. The molecule has 1 aliphatic heterocycles. The van der Waals surface area contributed by atoms with Gasteiger partial charge in [-0.1, -0.05) is 0 Å². The second kappa shape index (κ2) is 7.04. The number of barbiturate groups is 1. The second-order valence-electron chi connectivity index (χ2n) is 4.99. The highest BCUT2D eigenvalue weighted by Gasteiger charge is 2.40. The number of phenols is 1. The first-order valence-electron chi connectivity index (χ1n) is 7.31. The SMILES string of the molecule is CCN1C(=O)C(=Cc2cc(Br)c(O)c(OC)c2)C(=O)N(CC)C1=O. The number of rotatable bonds is 4. The van der Waals surface area contributed by atoms with E-state index in [1.807, 2.05) is 0 Å². The molecule has 1 heterocycles. The fraction of sp³-hybridized carbons (Fsp3) is 0.312. The van der Waals surface area contributed by atoms with Crippen molar-refractivity contribution >= 4 is 39.9 Å². The lowest BCUT2D eigenvalue weighted by molar-refractivity contribution is -0.135. The maximum atomic E-state index is 12.4. The van der Waals surface area contributed by atoms with Gasteiger partial charge in [0.25, 0.3) is 11.8 Å². The Bertz CT molecular complexity index is 716. The topological polar surface area (TPSA) is 87.2 Å². The maximum Gasteiger partial charge on any atom is 0.333 e. The van der Waals surface area contributed by atoms with E-state index in [-0.39, 0.29) is 30.2 Å². The number of benzene rings is 1. The summed E-state index contributed by atoms with van der Waals surface area (Å²) >= 11 is 3.19. The van der Waals surface area contributed by atoms with Crippen LogP contribution in [0.25, 0.3) is 6.08 Å². The summed E-state index contributed by atoms with van der Waals surface area (Å²) in [5.41, 5.74) is 0.368. The number of methoxy groups -OCH3 is 1. The zero-order valence-electron chi connectivity index (χ0n) is 13.5. The van der Waals surface area contributed by atoms with Crippen molar-refractivity contribution in [3.8, 4) is 11.5 Å². The highest BCUT2D eigenvalue weighted by molar-refractivity contribution is 9.10. The lowest BCUT2D eigenvalue weighted by atomic mass is 10.1. The van der Waals surface area contributed by atoms with E-state index in [1.54, 1.807) is 19.9 Å². The zero-order valence-corrected chi connectivity index (χ0v) is 15.1. The van der Waals surface area contributed by atoms with Gasteiger partial charge in [0.2, 0.25) is 0 Å². The van der Waals surface area contributed by atoms with Crippen molar-refractivity contribution in [3.63, 3.8) is 0 Å². The number of nitrogens with zero attached hydrogens (tertiary/aromatic N) is 2. The minimum atomic E-state index is -0.639. The number of carbonyl (C=O) groups excluding carboxylic acids is 3. The third-order valence-corrected chi connectivity index (χ3v) is 4.23. The Kier molecular flexibility index (Phi) is 5.28. The summed E-state index contributed by atoms with van der Waals surface area (Å²) in [6.07, 6.45) is 1.38. The zero-order chi connectivity index (χ0) is 18.0. The first-order chi connectivity index (χ1) is 11.3. The number of amides is 4. The Balaban J connectivity index is 2.54. The molecule has 1 N–H and O–H groups in total. The van der Waals surface area contributed by atoms with Crippen LogP contribution in [0.2, 0.25) is 0 Å². The molecule has 4 amide bonds. The van der Waals surface area contributed by atoms with Crippen LogP contribution in [0.4, 0.5) is 4.79 Å². The molecule has 1 aromatic rings. The summed E-state index contributed by atoms with van der Waals surface area (Å²) in [7, 11) is 1.39. The van der Waals surface area contributed by atoms with Gasteiger partial charge in [0.15, 0.2) is 11.5 Å². The average molecular weight is 397 g/mol. The van der Waals surface area contributed by atoms with E-state index in [9.17, 15) is 19.5 Å². The number of halogens is 1. The van der Waals surface area contributed by atoms with E-state index in [0.29, 0.717) is 10.0 Å². The number of phenolic OH excluding ortho intramolecular Hbond substituents is 1. The Morgan fingerprint density at radius 3 is 2.12 bits per heavy atom. The largest absolute Gasteiger partial charge is 0.503 e. The molecule has 0 bridgehead atoms. The van der Waals surface area contributed by atoms with Crippen molar-refractivity contribution in [1.82, 2.24) is 9.80 Å². The van der Waals surface area contributed by atoms with E-state index in [2.05, 4.69) is 15.9 Å². The third kappa shape index (κ3) is 3.01. The van der Waals surface area contributed by atoms with Crippen LogP contribution < -0.4 is 4.74 Å². The van der Waals surface area contributed by atoms with E-state index in [0.717, 1.165) is 9.80 Å². The van der Waals surface area contributed by atoms with Gasteiger partial charge in [-0.15, -0.1) is 0 Å². The summed E-state index contributed by atoms with van der Waals surface area (Å²) in [4.78, 5) is 39.1. The Hall–Kier alpha value is -2.35. The average Bonchev–Trinajstić information content (AvgIpc) is 2.55. The Morgan fingerprint density at radius 1 is 1.12 bits per heavy atom. The smallest absolute Gasteiger partial charge is 0.333 e. The number of urea groups is 1. The molecule has 0 unspecified atom stereocenters. The fourth-order valence-corrected chi connectivity index (χ4v) is 2.84. The van der Waals surface area contributed by atoms with Crippen LogP contribution in [-0.2, 0) is 9.59 Å². The van der Waals surface area contributed by atoms with Gasteiger partial charge in [-0.2, -0.15) is 0 Å². The monoisotopic (exact) mass is 396 g/mol. The van der Waals surface area contributed by atoms with E-state index >= 15 is 0 Å². The summed E-state index contributed by atoms with van der Waals surface area (Å²) < 4.78 is 5.42. The van der Waals surface area contributed by atoms with Gasteiger partial charge >= 0.3 is 6.03 Å². The molecule has 1 fully saturated rings. The van der Waals surface area contributed by atoms with Gasteiger partial charge < -0.3 is 9.84 Å². The standard InChI is InChI=1S/C16H17BrN2O5/c1-4-18-14(21)10(15(22)19(5-2)16(18)23)6-9-7-11(17)13(20)12(8-9)24-3/h6-8,20H,4-5H2,1-3H3. The molecule has 1 aliphatic rings. The summed E-state index contributed by atoms with van der Waals surface area (Å²) in [6, 6.07) is 2.43. The lowest BCUT2D eigenvalue weighted by Gasteiger charge is -2.32. The van der Waals surface area contributed by atoms with Gasteiger partial charge in [-0.05, 0) is 53.5 Å². The molecular weight excluding hydrogens is 380 g/mol. The van der Waals surface area contributed by atoms with Crippen LogP contribution in [-0.4, -0.2) is 53.0 Å². The van der Waals surface area contributed by atoms with Gasteiger partial charge in [0, 0.05) is 13.1 Å². The molecule has 128 valence electrons. The Labute approximate surface area is 147 Å². The molecule has 0 saturated carbocycles. The van der Waals surface area contributed by atoms with Crippen molar-refractivity contribution in [2.75, 3.05) is 20.2 Å². The third-order valence-electron chi connectivity index (χ3n) is 3.63. The van der Waals surface area contributed by atoms with Crippen LogP contribution in [0, 0.1) is 0 Å². The highest BCUT2D eigenvalue weighted by atomic mass is 79.9. The first-order valence-corrected chi connectivity index (χ1v) is 8.10. The van der Waals surface area contributed by atoms with Crippen LogP contribution in [0.15, 0.2) is 22.2 Å². The molecule has 0 aromatic heterocycles. The summed E-state index contributed by atoms with van der Waals surface area (Å²) in [6.45, 7) is 3.66. The van der Waals surface area contributed by atoms with Gasteiger partial charge in [-0.3, -0.25) is 19.4 Å². The number of imide groups is 2. The number of hydrogen-bond donors (Lipinski definition) is 1. The number of carbonyl (C=O) groups is 3. The minimum Gasteiger partial charge on any atom is -0.503 e. The van der Waals surface area contributed by atoms with Crippen molar-refractivity contribution in [2.45, 2.75) is 13.8 Å². The van der Waals surface area contributed by atoms with Crippen LogP contribution in [0.3, 0.4) is 0 Å². The molecule has 1 aromatic carbocycles. The van der Waals surface area contributed by atoms with Crippen molar-refractivity contribution in [2.24, 2.45) is 0 Å². The molecular formula is C16H17BrN2O5. The number of ether oxygens (including phenoxy) is 1. The number of hydrogen-bond acceptors (Lipinski definition) is 5. The molecule has 7 nitrogen and oxygen atoms in total. The first kappa shape index (κ1) is 18.0. The van der Waals surface area contributed by atoms with Crippen molar-refractivity contribution in [1.29, 1.82) is 0 Å². The Morgan fingerprint density at radius 2 is 1.67 bits per heavy atom. The highest BCUT2D eigenvalue weighted by Crippen LogP contribution is 2.36. The van der Waals surface area contributed by atoms with Gasteiger partial charge in [-0.25, -0.2) is 4.79 Å². The van der Waals surface area contributed by atoms with Gasteiger partial charge in [0.1, 0.15) is 5.57 Å². The number of likely N-dealkylation sites (N-methyl/N-ethyl adjacent to an activating group) is 2. The quantitative estimate of drug-likeness (QED) is 0.623. The van der Waals surface area contributed by atoms with Crippen LogP contribution in [0.1, 0.15) is 19.4 Å². The molecule has 0 spiro atoms. The predicted octanol–water partition coefficient (Wildman–Crippen LogP) is 2.38. The van der Waals surface area contributed by atoms with Crippen molar-refractivity contribution < 1.29 is 24.2 Å². The van der Waals surface area contributed by atoms with Crippen molar-refractivity contribution in [3.05, 3.63) is 27.7 Å². The van der Waals surface area contributed by atoms with Crippen LogP contribution in [0.5, 0.6) is 11.5 Å².